The summed E-state index contributed by atoms with van der Waals surface area (Å²) in [4.78, 5) is 48.0. The Kier molecular flexibility index (Phi) is 17.4. The van der Waals surface area contributed by atoms with E-state index in [0.717, 1.165) is 19.3 Å². The van der Waals surface area contributed by atoms with Gasteiger partial charge in [0.25, 0.3) is 0 Å². The molecule has 0 aromatic heterocycles. The average molecular weight is 469 g/mol. The average Bonchev–Trinajstić information content (AvgIpc) is 2.75. The molecule has 2 amide bonds. The number of unbranched alkanes of at least 4 members (excludes halogenated alkanes) is 10. The Morgan fingerprint density at radius 1 is 0.818 bits per heavy atom. The van der Waals surface area contributed by atoms with Crippen molar-refractivity contribution in [3.63, 3.8) is 0 Å². The predicted molar refractivity (Wildman–Crippen MR) is 131 cm³/mol. The van der Waals surface area contributed by atoms with Gasteiger partial charge in [0.15, 0.2) is 5.78 Å². The summed E-state index contributed by atoms with van der Waals surface area (Å²) in [6, 6.07) is -0.899. The van der Waals surface area contributed by atoms with Crippen LogP contribution >= 0.6 is 0 Å². The number of esters is 1. The van der Waals surface area contributed by atoms with Crippen molar-refractivity contribution in [1.29, 1.82) is 0 Å². The first kappa shape index (κ1) is 31.1. The SMILES string of the molecule is CCCCCCCCCCCCCC(=O)N[C@H](CC(N)=O)C(=O)CCCC(C)(C)C(=O)OC. The largest absolute Gasteiger partial charge is 0.469 e. The van der Waals surface area contributed by atoms with Crippen molar-refractivity contribution in [3.05, 3.63) is 0 Å². The topological polar surface area (TPSA) is 116 Å². The number of ketones is 1. The molecule has 0 rings (SSSR count). The fraction of sp³-hybridized carbons (Fsp3) is 0.846. The second-order valence-corrected chi connectivity index (χ2v) is 9.77. The molecule has 0 heterocycles. The van der Waals surface area contributed by atoms with Crippen LogP contribution in [0.3, 0.4) is 0 Å². The predicted octanol–water partition coefficient (Wildman–Crippen LogP) is 4.99. The fourth-order valence-electron chi connectivity index (χ4n) is 3.92. The second kappa shape index (κ2) is 18.5. The van der Waals surface area contributed by atoms with E-state index in [1.807, 2.05) is 0 Å². The van der Waals surface area contributed by atoms with E-state index < -0.39 is 17.4 Å². The summed E-state index contributed by atoms with van der Waals surface area (Å²) in [7, 11) is 1.34. The highest BCUT2D eigenvalue weighted by atomic mass is 16.5. The zero-order chi connectivity index (χ0) is 25.1. The summed E-state index contributed by atoms with van der Waals surface area (Å²) in [6.07, 6.45) is 14.5. The normalized spacial score (nSPS) is 12.2. The second-order valence-electron chi connectivity index (χ2n) is 9.77. The van der Waals surface area contributed by atoms with E-state index in [1.54, 1.807) is 13.8 Å². The summed E-state index contributed by atoms with van der Waals surface area (Å²) < 4.78 is 4.78. The Balaban J connectivity index is 4.16. The first-order chi connectivity index (χ1) is 15.6. The molecule has 0 unspecified atom stereocenters. The molecule has 7 heteroatoms. The van der Waals surface area contributed by atoms with E-state index in [-0.39, 0.29) is 30.5 Å². The van der Waals surface area contributed by atoms with Crippen LogP contribution in [0.5, 0.6) is 0 Å². The maximum Gasteiger partial charge on any atom is 0.311 e. The number of carbonyl (C=O) groups is 4. The summed E-state index contributed by atoms with van der Waals surface area (Å²) >= 11 is 0. The van der Waals surface area contributed by atoms with Gasteiger partial charge in [0.1, 0.15) is 0 Å². The molecule has 1 atom stereocenters. The van der Waals surface area contributed by atoms with Gasteiger partial charge >= 0.3 is 5.97 Å². The van der Waals surface area contributed by atoms with Crippen LogP contribution in [0.25, 0.3) is 0 Å². The summed E-state index contributed by atoms with van der Waals surface area (Å²) in [6.45, 7) is 5.76. The number of primary amides is 1. The zero-order valence-electron chi connectivity index (χ0n) is 21.5. The fourth-order valence-corrected chi connectivity index (χ4v) is 3.92. The number of ether oxygens (including phenoxy) is 1. The van der Waals surface area contributed by atoms with Gasteiger partial charge in [-0.2, -0.15) is 0 Å². The Hall–Kier alpha value is -1.92. The van der Waals surface area contributed by atoms with Crippen molar-refractivity contribution in [2.45, 2.75) is 130 Å². The van der Waals surface area contributed by atoms with Gasteiger partial charge in [0.2, 0.25) is 11.8 Å². The maximum atomic E-state index is 12.6. The highest BCUT2D eigenvalue weighted by Gasteiger charge is 2.29. The van der Waals surface area contributed by atoms with E-state index in [0.29, 0.717) is 19.3 Å². The molecular formula is C26H48N2O5. The van der Waals surface area contributed by atoms with Crippen molar-refractivity contribution in [3.8, 4) is 0 Å². The van der Waals surface area contributed by atoms with Crippen molar-refractivity contribution in [2.24, 2.45) is 11.1 Å². The van der Waals surface area contributed by atoms with E-state index >= 15 is 0 Å². The number of methoxy groups -OCH3 is 1. The summed E-state index contributed by atoms with van der Waals surface area (Å²) in [5.41, 5.74) is 4.58. The molecular weight excluding hydrogens is 420 g/mol. The van der Waals surface area contributed by atoms with Crippen molar-refractivity contribution in [1.82, 2.24) is 5.32 Å². The smallest absolute Gasteiger partial charge is 0.311 e. The zero-order valence-corrected chi connectivity index (χ0v) is 21.5. The van der Waals surface area contributed by atoms with Crippen LogP contribution in [0, 0.1) is 5.41 Å². The number of hydrogen-bond donors (Lipinski definition) is 2. The molecule has 0 aliphatic rings. The van der Waals surface area contributed by atoms with Gasteiger partial charge < -0.3 is 15.8 Å². The number of nitrogens with two attached hydrogens (primary N) is 1. The lowest BCUT2D eigenvalue weighted by molar-refractivity contribution is -0.151. The monoisotopic (exact) mass is 468 g/mol. The molecule has 0 fully saturated rings. The minimum absolute atomic E-state index is 0.164. The van der Waals surface area contributed by atoms with Gasteiger partial charge in [-0.05, 0) is 33.1 Å². The maximum absolute atomic E-state index is 12.6. The third-order valence-corrected chi connectivity index (χ3v) is 6.10. The quantitative estimate of drug-likeness (QED) is 0.182. The third kappa shape index (κ3) is 16.4. The van der Waals surface area contributed by atoms with E-state index in [4.69, 9.17) is 10.5 Å². The first-order valence-corrected chi connectivity index (χ1v) is 12.8. The number of Topliss-reactive ketones (excluding diaryl/α,β-unsaturated/α-hetero) is 1. The van der Waals surface area contributed by atoms with Crippen molar-refractivity contribution >= 4 is 23.6 Å². The summed E-state index contributed by atoms with van der Waals surface area (Å²) in [5, 5.41) is 2.68. The van der Waals surface area contributed by atoms with E-state index in [1.165, 1.54) is 58.5 Å². The molecule has 0 radical (unpaired) electrons. The molecule has 0 aliphatic heterocycles. The first-order valence-electron chi connectivity index (χ1n) is 12.8. The molecule has 192 valence electrons. The van der Waals surface area contributed by atoms with Gasteiger partial charge in [-0.3, -0.25) is 19.2 Å². The van der Waals surface area contributed by atoms with Crippen molar-refractivity contribution < 1.29 is 23.9 Å². The third-order valence-electron chi connectivity index (χ3n) is 6.10. The highest BCUT2D eigenvalue weighted by Crippen LogP contribution is 2.25. The van der Waals surface area contributed by atoms with Crippen LogP contribution < -0.4 is 11.1 Å². The molecule has 0 saturated carbocycles. The summed E-state index contributed by atoms with van der Waals surface area (Å²) in [5.74, 6) is -1.41. The minimum atomic E-state index is -0.899. The van der Waals surface area contributed by atoms with Gasteiger partial charge in [-0.1, -0.05) is 71.1 Å². The van der Waals surface area contributed by atoms with E-state index in [9.17, 15) is 19.2 Å². The van der Waals surface area contributed by atoms with Crippen LogP contribution in [-0.2, 0) is 23.9 Å². The number of nitrogens with one attached hydrogen (secondary N) is 1. The lowest BCUT2D eigenvalue weighted by Gasteiger charge is -2.22. The van der Waals surface area contributed by atoms with E-state index in [2.05, 4.69) is 12.2 Å². The molecule has 0 aliphatic carbocycles. The molecule has 0 aromatic carbocycles. The van der Waals surface area contributed by atoms with Crippen LogP contribution in [0.1, 0.15) is 124 Å². The van der Waals surface area contributed by atoms with Crippen LogP contribution in [0.2, 0.25) is 0 Å². The van der Waals surface area contributed by atoms with Crippen LogP contribution in [0.15, 0.2) is 0 Å². The Bertz CT molecular complexity index is 589. The number of carbonyl (C=O) groups excluding carboxylic acids is 4. The molecule has 7 nitrogen and oxygen atoms in total. The number of hydrogen-bond acceptors (Lipinski definition) is 5. The number of rotatable bonds is 21. The molecule has 3 N–H and O–H groups in total. The van der Waals surface area contributed by atoms with Crippen LogP contribution in [-0.4, -0.2) is 36.7 Å². The molecule has 0 saturated heterocycles. The molecule has 0 bridgehead atoms. The van der Waals surface area contributed by atoms with Crippen molar-refractivity contribution in [2.75, 3.05) is 7.11 Å². The lowest BCUT2D eigenvalue weighted by atomic mass is 9.86. The van der Waals surface area contributed by atoms with Gasteiger partial charge in [-0.25, -0.2) is 0 Å². The van der Waals surface area contributed by atoms with Gasteiger partial charge in [-0.15, -0.1) is 0 Å². The Labute approximate surface area is 201 Å². The lowest BCUT2D eigenvalue weighted by Crippen LogP contribution is -2.43. The Morgan fingerprint density at radius 2 is 1.33 bits per heavy atom. The highest BCUT2D eigenvalue weighted by molar-refractivity contribution is 5.92. The molecule has 0 spiro atoms. The number of amides is 2. The van der Waals surface area contributed by atoms with Gasteiger partial charge in [0, 0.05) is 12.8 Å². The molecule has 33 heavy (non-hydrogen) atoms. The standard InChI is InChI=1S/C26H48N2O5/c1-5-6-7-8-9-10-11-12-13-14-15-18-24(31)28-21(20-23(27)30)22(29)17-16-19-26(2,3)25(32)33-4/h21H,5-20H2,1-4H3,(H2,27,30)(H,28,31)/t21-/m1/s1. The molecule has 0 aromatic rings. The minimum Gasteiger partial charge on any atom is -0.469 e. The van der Waals surface area contributed by atoms with Gasteiger partial charge in [0.05, 0.1) is 25.0 Å². The van der Waals surface area contributed by atoms with Crippen LogP contribution in [0.4, 0.5) is 0 Å². The Morgan fingerprint density at radius 3 is 1.82 bits per heavy atom.